The van der Waals surface area contributed by atoms with Gasteiger partial charge in [-0.25, -0.2) is 4.98 Å². The highest BCUT2D eigenvalue weighted by molar-refractivity contribution is 5.98. The van der Waals surface area contributed by atoms with Gasteiger partial charge in [0, 0.05) is 37.2 Å². The molecular weight excluding hydrogens is 612 g/mol. The Bertz CT molecular complexity index is 1800. The number of aromatic nitrogens is 2. The van der Waals surface area contributed by atoms with Crippen LogP contribution in [0, 0.1) is 5.92 Å². The van der Waals surface area contributed by atoms with Crippen LogP contribution in [0.2, 0.25) is 0 Å². The molecule has 0 saturated carbocycles. The molecule has 1 saturated heterocycles. The van der Waals surface area contributed by atoms with E-state index in [4.69, 9.17) is 24.9 Å². The number of nitrogens with one attached hydrogen (secondary N) is 2. The number of carbonyl (C=O) groups excluding carboxylic acids is 3. The number of fused-ring (bicyclic) bond motifs is 8. The highest BCUT2D eigenvalue weighted by atomic mass is 16.5. The van der Waals surface area contributed by atoms with Crippen molar-refractivity contribution in [2.45, 2.75) is 51.9 Å². The van der Waals surface area contributed by atoms with Crippen molar-refractivity contribution >= 4 is 28.8 Å². The summed E-state index contributed by atoms with van der Waals surface area (Å²) in [4.78, 5) is 46.7. The van der Waals surface area contributed by atoms with Crippen LogP contribution < -0.4 is 30.6 Å². The first-order chi connectivity index (χ1) is 23.2. The fourth-order valence-corrected chi connectivity index (χ4v) is 6.14. The van der Waals surface area contributed by atoms with Crippen molar-refractivity contribution < 1.29 is 28.6 Å². The molecule has 0 spiro atoms. The number of imidazole rings is 1. The number of benzene rings is 3. The van der Waals surface area contributed by atoms with E-state index in [1.54, 1.807) is 23.1 Å². The molecule has 4 heterocycles. The van der Waals surface area contributed by atoms with Gasteiger partial charge in [-0.05, 0) is 73.0 Å². The van der Waals surface area contributed by atoms with Crippen molar-refractivity contribution in [2.24, 2.45) is 11.7 Å². The van der Waals surface area contributed by atoms with Crippen LogP contribution in [0.3, 0.4) is 0 Å². The van der Waals surface area contributed by atoms with Gasteiger partial charge in [-0.1, -0.05) is 26.0 Å². The molecule has 4 aromatic rings. The molecule has 252 valence electrons. The van der Waals surface area contributed by atoms with E-state index in [-0.39, 0.29) is 43.2 Å². The van der Waals surface area contributed by atoms with Crippen LogP contribution in [0.15, 0.2) is 60.7 Å². The number of nitrogens with zero attached hydrogens (tertiary/aromatic N) is 3. The first-order valence-corrected chi connectivity index (χ1v) is 16.3. The zero-order chi connectivity index (χ0) is 33.8. The fourth-order valence-electron chi connectivity index (χ4n) is 6.14. The molecule has 0 aliphatic carbocycles. The van der Waals surface area contributed by atoms with Gasteiger partial charge in [-0.15, -0.1) is 0 Å². The van der Waals surface area contributed by atoms with Crippen LogP contribution in [-0.4, -0.2) is 77.7 Å². The lowest BCUT2D eigenvalue weighted by atomic mass is 10.1. The first-order valence-electron chi connectivity index (χ1n) is 16.3. The Morgan fingerprint density at radius 1 is 1.08 bits per heavy atom. The van der Waals surface area contributed by atoms with E-state index in [9.17, 15) is 14.4 Å². The van der Waals surface area contributed by atoms with E-state index in [2.05, 4.69) is 29.0 Å². The minimum atomic E-state index is -0.524. The van der Waals surface area contributed by atoms with Gasteiger partial charge in [0.15, 0.2) is 18.1 Å². The van der Waals surface area contributed by atoms with Crippen molar-refractivity contribution in [1.29, 1.82) is 0 Å². The smallest absolute Gasteiger partial charge is 0.258 e. The van der Waals surface area contributed by atoms with Crippen LogP contribution in [0.1, 0.15) is 52.4 Å². The molecule has 4 bridgehead atoms. The van der Waals surface area contributed by atoms with E-state index >= 15 is 0 Å². The third-order valence-electron chi connectivity index (χ3n) is 8.61. The maximum Gasteiger partial charge on any atom is 0.258 e. The Balaban J connectivity index is 1.29. The number of aryl methyl sites for hydroxylation is 1. The number of hydrogen-bond acceptors (Lipinski definition) is 8. The van der Waals surface area contributed by atoms with Crippen LogP contribution in [-0.2, 0) is 24.3 Å². The molecule has 7 rings (SSSR count). The summed E-state index contributed by atoms with van der Waals surface area (Å²) in [6, 6.07) is 17.3. The predicted molar refractivity (Wildman–Crippen MR) is 180 cm³/mol. The lowest BCUT2D eigenvalue weighted by Gasteiger charge is -2.21. The van der Waals surface area contributed by atoms with Gasteiger partial charge in [-0.2, -0.15) is 0 Å². The number of rotatable bonds is 7. The largest absolute Gasteiger partial charge is 0.493 e. The van der Waals surface area contributed by atoms with Crippen LogP contribution >= 0.6 is 0 Å². The summed E-state index contributed by atoms with van der Waals surface area (Å²) in [6.45, 7) is 6.18. The Morgan fingerprint density at radius 2 is 1.90 bits per heavy atom. The van der Waals surface area contributed by atoms with Crippen molar-refractivity contribution in [3.8, 4) is 17.2 Å². The number of hydrogen-bond donors (Lipinski definition) is 3. The van der Waals surface area contributed by atoms with Crippen molar-refractivity contribution in [1.82, 2.24) is 25.1 Å². The molecule has 48 heavy (non-hydrogen) atoms. The standard InChI is InChI=1S/C36H42N6O6/c1-22(2)15-33-39-27-11-7-25(16-29(27)42(33)14-4-13-37)36(45)41-19-28-32(20-41)48-26-9-5-23(6-10-26)18-38-34(43)21-47-31-17-24(35(44)40-28)8-12-30(31)46-3/h5-12,16-17,22,28,32H,4,13-15,18-21,37H2,1-3H3,(H,38,43)(H,40,44)/t28-,32-/m0/s1. The lowest BCUT2D eigenvalue weighted by Crippen LogP contribution is -2.45. The molecular formula is C36H42N6O6. The highest BCUT2D eigenvalue weighted by Crippen LogP contribution is 2.29. The molecule has 1 aromatic heterocycles. The average molecular weight is 655 g/mol. The quantitative estimate of drug-likeness (QED) is 0.275. The van der Waals surface area contributed by atoms with Gasteiger partial charge in [0.1, 0.15) is 17.7 Å². The zero-order valence-corrected chi connectivity index (χ0v) is 27.5. The third-order valence-corrected chi connectivity index (χ3v) is 8.61. The molecule has 12 nitrogen and oxygen atoms in total. The number of amides is 3. The molecule has 1 fully saturated rings. The van der Waals surface area contributed by atoms with E-state index in [0.717, 1.165) is 41.8 Å². The van der Waals surface area contributed by atoms with Gasteiger partial charge in [0.25, 0.3) is 17.7 Å². The molecule has 3 amide bonds. The van der Waals surface area contributed by atoms with E-state index in [0.29, 0.717) is 41.6 Å². The van der Waals surface area contributed by atoms with Crippen molar-refractivity contribution in [2.75, 3.05) is 33.4 Å². The Hall–Kier alpha value is -5.10. The Morgan fingerprint density at radius 3 is 2.65 bits per heavy atom. The summed E-state index contributed by atoms with van der Waals surface area (Å²) in [7, 11) is 1.49. The van der Waals surface area contributed by atoms with Gasteiger partial charge in [-0.3, -0.25) is 14.4 Å². The summed E-state index contributed by atoms with van der Waals surface area (Å²) in [6.07, 6.45) is 1.11. The molecule has 3 aliphatic rings. The number of methoxy groups -OCH3 is 1. The van der Waals surface area contributed by atoms with Gasteiger partial charge in [0.2, 0.25) is 0 Å². The van der Waals surface area contributed by atoms with E-state index in [1.165, 1.54) is 7.11 Å². The van der Waals surface area contributed by atoms with Crippen LogP contribution in [0.5, 0.6) is 17.2 Å². The first kappa shape index (κ1) is 32.8. The summed E-state index contributed by atoms with van der Waals surface area (Å²) in [5, 5.41) is 5.91. The summed E-state index contributed by atoms with van der Waals surface area (Å²) < 4.78 is 19.7. The topological polar surface area (TPSA) is 150 Å². The lowest BCUT2D eigenvalue weighted by molar-refractivity contribution is -0.123. The average Bonchev–Trinajstić information content (AvgIpc) is 3.64. The second kappa shape index (κ2) is 14.3. The van der Waals surface area contributed by atoms with E-state index in [1.807, 2.05) is 42.5 Å². The minimum absolute atomic E-state index is 0.160. The molecule has 3 aromatic carbocycles. The van der Waals surface area contributed by atoms with Gasteiger partial charge >= 0.3 is 0 Å². The summed E-state index contributed by atoms with van der Waals surface area (Å²) in [5.41, 5.74) is 9.33. The number of nitrogens with two attached hydrogens (primary N) is 1. The van der Waals surface area contributed by atoms with Crippen molar-refractivity contribution in [3.63, 3.8) is 0 Å². The number of likely N-dealkylation sites (tertiary alicyclic amines) is 1. The maximum absolute atomic E-state index is 14.0. The summed E-state index contributed by atoms with van der Waals surface area (Å²) in [5.74, 6) is 1.82. The normalized spacial score (nSPS) is 18.1. The number of ether oxygens (including phenoxy) is 3. The van der Waals surface area contributed by atoms with Gasteiger partial charge in [0.05, 0.1) is 30.7 Å². The molecule has 2 atom stereocenters. The second-order valence-corrected chi connectivity index (χ2v) is 12.6. The highest BCUT2D eigenvalue weighted by Gasteiger charge is 2.38. The predicted octanol–water partition coefficient (Wildman–Crippen LogP) is 3.30. The van der Waals surface area contributed by atoms with Crippen LogP contribution in [0.25, 0.3) is 11.0 Å². The maximum atomic E-state index is 14.0. The molecule has 3 aliphatic heterocycles. The van der Waals surface area contributed by atoms with Gasteiger partial charge < -0.3 is 40.0 Å². The molecule has 0 unspecified atom stereocenters. The van der Waals surface area contributed by atoms with E-state index < -0.39 is 12.1 Å². The summed E-state index contributed by atoms with van der Waals surface area (Å²) >= 11 is 0. The van der Waals surface area contributed by atoms with Crippen LogP contribution in [0.4, 0.5) is 0 Å². The fraction of sp³-hybridized carbons (Fsp3) is 0.389. The Labute approximate surface area is 279 Å². The second-order valence-electron chi connectivity index (χ2n) is 12.6. The molecule has 4 N–H and O–H groups in total. The Kier molecular flexibility index (Phi) is 9.81. The molecule has 12 heteroatoms. The molecule has 0 radical (unpaired) electrons. The van der Waals surface area contributed by atoms with Crippen molar-refractivity contribution in [3.05, 3.63) is 83.2 Å². The number of carbonyl (C=O) groups is 3. The minimum Gasteiger partial charge on any atom is -0.493 e. The SMILES string of the molecule is COc1ccc2cc1OCC(=O)NCc1ccc(cc1)O[C@H]1CN(C(=O)c3ccc4nc(CC(C)C)n(CCCN)c4c3)C[C@@H]1NC2=O. The monoisotopic (exact) mass is 654 g/mol. The zero-order valence-electron chi connectivity index (χ0n) is 27.5. The third kappa shape index (κ3) is 7.23.